The fourth-order valence-corrected chi connectivity index (χ4v) is 3.93. The molecule has 1 saturated heterocycles. The highest BCUT2D eigenvalue weighted by Crippen LogP contribution is 2.54. The molecule has 4 heteroatoms. The van der Waals surface area contributed by atoms with Crippen LogP contribution in [0.3, 0.4) is 0 Å². The monoisotopic (exact) mass is 252 g/mol. The van der Waals surface area contributed by atoms with E-state index in [4.69, 9.17) is 14.2 Å². The molecule has 1 unspecified atom stereocenters. The summed E-state index contributed by atoms with van der Waals surface area (Å²) >= 11 is 0. The van der Waals surface area contributed by atoms with E-state index in [0.29, 0.717) is 5.92 Å². The number of hydrogen-bond donors (Lipinski definition) is 0. The van der Waals surface area contributed by atoms with Crippen molar-refractivity contribution in [3.8, 4) is 0 Å². The first-order chi connectivity index (χ1) is 8.76. The molecule has 4 nitrogen and oxygen atoms in total. The summed E-state index contributed by atoms with van der Waals surface area (Å²) in [6, 6.07) is 0. The van der Waals surface area contributed by atoms with E-state index in [9.17, 15) is 4.79 Å². The van der Waals surface area contributed by atoms with E-state index in [2.05, 4.69) is 6.08 Å². The standard InChI is InChI=1S/C14H20O4/c1-16-11-6-7-14(8-15)10-5-3-4-9(11)12(10)18-13(14)17-2/h5,8-9,11-13H,3-4,6-7H2,1-2H3/t9-,11+,12+,13?,14+/m1/s1. The Hall–Kier alpha value is -0.710. The highest BCUT2D eigenvalue weighted by atomic mass is 16.7. The van der Waals surface area contributed by atoms with Crippen molar-refractivity contribution in [3.05, 3.63) is 11.6 Å². The third-order valence-corrected chi connectivity index (χ3v) is 4.84. The maximum atomic E-state index is 11.7. The summed E-state index contributed by atoms with van der Waals surface area (Å²) in [5.41, 5.74) is 0.561. The number of rotatable bonds is 3. The molecule has 0 amide bonds. The minimum Gasteiger partial charge on any atom is -0.381 e. The fraction of sp³-hybridized carbons (Fsp3) is 0.786. The van der Waals surface area contributed by atoms with E-state index in [1.165, 1.54) is 0 Å². The minimum atomic E-state index is -0.578. The van der Waals surface area contributed by atoms with Crippen LogP contribution in [0.1, 0.15) is 25.7 Å². The molecule has 0 aromatic rings. The average molecular weight is 252 g/mol. The molecular formula is C14H20O4. The molecule has 3 aliphatic rings. The van der Waals surface area contributed by atoms with Crippen LogP contribution in [-0.4, -0.2) is 39.0 Å². The van der Waals surface area contributed by atoms with Crippen LogP contribution in [0.4, 0.5) is 0 Å². The lowest BCUT2D eigenvalue weighted by Gasteiger charge is -2.32. The van der Waals surface area contributed by atoms with Gasteiger partial charge in [0.1, 0.15) is 11.7 Å². The molecule has 0 N–H and O–H groups in total. The summed E-state index contributed by atoms with van der Waals surface area (Å²) < 4.78 is 17.0. The molecule has 0 aromatic heterocycles. The van der Waals surface area contributed by atoms with Crippen LogP contribution in [0.15, 0.2) is 11.6 Å². The van der Waals surface area contributed by atoms with Crippen molar-refractivity contribution in [2.45, 2.75) is 44.2 Å². The predicted molar refractivity (Wildman–Crippen MR) is 65.0 cm³/mol. The van der Waals surface area contributed by atoms with Gasteiger partial charge in [0.25, 0.3) is 0 Å². The van der Waals surface area contributed by atoms with Gasteiger partial charge < -0.3 is 19.0 Å². The Morgan fingerprint density at radius 1 is 1.39 bits per heavy atom. The van der Waals surface area contributed by atoms with E-state index in [0.717, 1.165) is 37.5 Å². The quantitative estimate of drug-likeness (QED) is 0.566. The van der Waals surface area contributed by atoms with E-state index in [1.807, 2.05) is 0 Å². The lowest BCUT2D eigenvalue weighted by Crippen LogP contribution is -2.37. The third kappa shape index (κ3) is 1.46. The van der Waals surface area contributed by atoms with Crippen LogP contribution in [0.25, 0.3) is 0 Å². The summed E-state index contributed by atoms with van der Waals surface area (Å²) in [4.78, 5) is 11.7. The molecule has 1 heterocycles. The molecule has 1 saturated carbocycles. The zero-order valence-corrected chi connectivity index (χ0v) is 10.9. The van der Waals surface area contributed by atoms with Gasteiger partial charge in [-0.2, -0.15) is 0 Å². The molecule has 0 radical (unpaired) electrons. The number of aldehydes is 1. The molecule has 5 atom stereocenters. The number of carbonyl (C=O) groups is 1. The molecule has 3 rings (SSSR count). The smallest absolute Gasteiger partial charge is 0.174 e. The summed E-state index contributed by atoms with van der Waals surface area (Å²) in [5, 5.41) is 0. The van der Waals surface area contributed by atoms with Gasteiger partial charge in [0.15, 0.2) is 6.29 Å². The normalized spacial score (nSPS) is 46.4. The van der Waals surface area contributed by atoms with Gasteiger partial charge in [0.2, 0.25) is 0 Å². The summed E-state index contributed by atoms with van der Waals surface area (Å²) in [5.74, 6) is 0.358. The topological polar surface area (TPSA) is 44.8 Å². The van der Waals surface area contributed by atoms with Crippen molar-refractivity contribution >= 4 is 6.29 Å². The maximum absolute atomic E-state index is 11.7. The molecular weight excluding hydrogens is 232 g/mol. The van der Waals surface area contributed by atoms with Gasteiger partial charge in [-0.3, -0.25) is 0 Å². The largest absolute Gasteiger partial charge is 0.381 e. The summed E-state index contributed by atoms with van der Waals surface area (Å²) in [6.45, 7) is 0. The first-order valence-electron chi connectivity index (χ1n) is 6.64. The SMILES string of the molecule is COC1O[C@@H]2C3=CCC[C@@H]2[C@@H](OC)CC[C@]31C=O. The van der Waals surface area contributed by atoms with E-state index in [-0.39, 0.29) is 12.2 Å². The van der Waals surface area contributed by atoms with Crippen molar-refractivity contribution < 1.29 is 19.0 Å². The second-order valence-electron chi connectivity index (χ2n) is 5.50. The van der Waals surface area contributed by atoms with Crippen molar-refractivity contribution in [2.24, 2.45) is 11.3 Å². The highest BCUT2D eigenvalue weighted by molar-refractivity contribution is 5.68. The summed E-state index contributed by atoms with van der Waals surface area (Å²) in [6.07, 6.45) is 6.72. The lowest BCUT2D eigenvalue weighted by atomic mass is 9.75. The molecule has 18 heavy (non-hydrogen) atoms. The lowest BCUT2D eigenvalue weighted by molar-refractivity contribution is -0.183. The van der Waals surface area contributed by atoms with Gasteiger partial charge in [-0.15, -0.1) is 0 Å². The van der Waals surface area contributed by atoms with Gasteiger partial charge in [0.05, 0.1) is 12.2 Å². The third-order valence-electron chi connectivity index (χ3n) is 4.84. The van der Waals surface area contributed by atoms with Gasteiger partial charge in [-0.05, 0) is 31.3 Å². The molecule has 0 aromatic carbocycles. The number of methoxy groups -OCH3 is 2. The van der Waals surface area contributed by atoms with E-state index >= 15 is 0 Å². The summed E-state index contributed by atoms with van der Waals surface area (Å²) in [7, 11) is 3.37. The minimum absolute atomic E-state index is 0.00125. The van der Waals surface area contributed by atoms with Crippen LogP contribution < -0.4 is 0 Å². The van der Waals surface area contributed by atoms with Crippen molar-refractivity contribution in [3.63, 3.8) is 0 Å². The Morgan fingerprint density at radius 2 is 2.22 bits per heavy atom. The average Bonchev–Trinajstić information content (AvgIpc) is 2.70. The van der Waals surface area contributed by atoms with Gasteiger partial charge in [-0.25, -0.2) is 0 Å². The predicted octanol–water partition coefficient (Wildman–Crippen LogP) is 1.69. The van der Waals surface area contributed by atoms with Crippen LogP contribution in [0.2, 0.25) is 0 Å². The van der Waals surface area contributed by atoms with Crippen molar-refractivity contribution in [1.82, 2.24) is 0 Å². The Morgan fingerprint density at radius 3 is 2.89 bits per heavy atom. The second kappa shape index (κ2) is 4.44. The maximum Gasteiger partial charge on any atom is 0.174 e. The first-order valence-corrected chi connectivity index (χ1v) is 6.64. The zero-order valence-electron chi connectivity index (χ0n) is 10.9. The molecule has 2 aliphatic carbocycles. The zero-order chi connectivity index (χ0) is 12.8. The first kappa shape index (κ1) is 12.3. The molecule has 4 bridgehead atoms. The molecule has 0 spiro atoms. The number of ether oxygens (including phenoxy) is 3. The molecule has 1 aliphatic heterocycles. The number of carbonyl (C=O) groups excluding carboxylic acids is 1. The van der Waals surface area contributed by atoms with Crippen LogP contribution in [0.5, 0.6) is 0 Å². The number of hydrogen-bond acceptors (Lipinski definition) is 4. The molecule has 100 valence electrons. The molecule has 2 fully saturated rings. The van der Waals surface area contributed by atoms with E-state index < -0.39 is 11.7 Å². The van der Waals surface area contributed by atoms with Gasteiger partial charge in [0, 0.05) is 20.1 Å². The van der Waals surface area contributed by atoms with Crippen LogP contribution >= 0.6 is 0 Å². The highest BCUT2D eigenvalue weighted by Gasteiger charge is 2.59. The second-order valence-corrected chi connectivity index (χ2v) is 5.50. The van der Waals surface area contributed by atoms with Crippen molar-refractivity contribution in [2.75, 3.05) is 14.2 Å². The Kier molecular flexibility index (Phi) is 3.04. The van der Waals surface area contributed by atoms with Gasteiger partial charge >= 0.3 is 0 Å². The Balaban J connectivity index is 2.05. The van der Waals surface area contributed by atoms with Crippen LogP contribution in [-0.2, 0) is 19.0 Å². The van der Waals surface area contributed by atoms with Crippen molar-refractivity contribution in [1.29, 1.82) is 0 Å². The van der Waals surface area contributed by atoms with Crippen LogP contribution in [0, 0.1) is 11.3 Å². The Bertz CT molecular complexity index is 378. The fourth-order valence-electron chi connectivity index (χ4n) is 3.93. The Labute approximate surface area is 107 Å². The van der Waals surface area contributed by atoms with Gasteiger partial charge in [-0.1, -0.05) is 6.08 Å². The van der Waals surface area contributed by atoms with E-state index in [1.54, 1.807) is 14.2 Å². The number of allylic oxidation sites excluding steroid dienone is 1.